The Hall–Kier alpha value is -2.01. The second-order valence-corrected chi connectivity index (χ2v) is 9.27. The van der Waals surface area contributed by atoms with Crippen molar-refractivity contribution in [3.05, 3.63) is 46.4 Å². The third-order valence-corrected chi connectivity index (χ3v) is 6.76. The molecule has 2 unspecified atom stereocenters. The highest BCUT2D eigenvalue weighted by Crippen LogP contribution is 2.44. The lowest BCUT2D eigenvalue weighted by Gasteiger charge is -2.45. The lowest BCUT2D eigenvalue weighted by molar-refractivity contribution is -0.123. The van der Waals surface area contributed by atoms with Gasteiger partial charge in [0.2, 0.25) is 0 Å². The van der Waals surface area contributed by atoms with Crippen molar-refractivity contribution in [3.63, 3.8) is 0 Å². The van der Waals surface area contributed by atoms with Crippen molar-refractivity contribution in [3.8, 4) is 0 Å². The maximum absolute atomic E-state index is 12.7. The number of thioether (sulfide) groups is 1. The number of carbonyl (C=O) groups is 2. The highest BCUT2D eigenvalue weighted by atomic mass is 32.2. The molecule has 1 aromatic carbocycles. The smallest absolute Gasteiger partial charge is 0.294 e. The molecule has 2 aliphatic heterocycles. The Morgan fingerprint density at radius 3 is 2.63 bits per heavy atom. The third kappa shape index (κ3) is 3.33. The Bertz CT molecular complexity index is 856. The standard InChI is InChI=1S/C22H28N2O2S/c1-8-15(4)24-20(25)19(27-21(24)26)11-16-10-17-14(3)12-22(5,6)23(7)18(17)9-13(16)2/h8-11,14-15H,1,12H2,2-7H3/b19-11+. The molecular weight excluding hydrogens is 356 g/mol. The summed E-state index contributed by atoms with van der Waals surface area (Å²) < 4.78 is 0. The number of benzene rings is 1. The molecular formula is C22H28N2O2S. The van der Waals surface area contributed by atoms with Crippen LogP contribution in [0.5, 0.6) is 0 Å². The number of carbonyl (C=O) groups excluding carboxylic acids is 2. The molecule has 1 fully saturated rings. The molecule has 4 nitrogen and oxygen atoms in total. The van der Waals surface area contributed by atoms with Crippen LogP contribution in [0.3, 0.4) is 0 Å². The Morgan fingerprint density at radius 2 is 2.00 bits per heavy atom. The topological polar surface area (TPSA) is 40.6 Å². The van der Waals surface area contributed by atoms with Gasteiger partial charge in [0.25, 0.3) is 11.1 Å². The zero-order chi connectivity index (χ0) is 20.1. The average molecular weight is 385 g/mol. The highest BCUT2D eigenvalue weighted by molar-refractivity contribution is 8.18. The molecule has 2 aliphatic rings. The van der Waals surface area contributed by atoms with Gasteiger partial charge in [-0.3, -0.25) is 14.5 Å². The number of hydrogen-bond acceptors (Lipinski definition) is 4. The molecule has 3 rings (SSSR count). The molecule has 1 aromatic rings. The van der Waals surface area contributed by atoms with Crippen molar-refractivity contribution in [1.29, 1.82) is 0 Å². The van der Waals surface area contributed by atoms with E-state index in [1.54, 1.807) is 13.0 Å². The lowest BCUT2D eigenvalue weighted by Crippen LogP contribution is -2.45. The van der Waals surface area contributed by atoms with Crippen LogP contribution in [0, 0.1) is 6.92 Å². The second kappa shape index (κ2) is 6.86. The first-order chi connectivity index (χ1) is 12.6. The molecule has 2 atom stereocenters. The van der Waals surface area contributed by atoms with Crippen molar-refractivity contribution in [2.24, 2.45) is 0 Å². The van der Waals surface area contributed by atoms with E-state index >= 15 is 0 Å². The Kier molecular flexibility index (Phi) is 5.02. The summed E-state index contributed by atoms with van der Waals surface area (Å²) in [6.07, 6.45) is 4.55. The minimum absolute atomic E-state index is 0.115. The van der Waals surface area contributed by atoms with Crippen molar-refractivity contribution >= 4 is 34.7 Å². The van der Waals surface area contributed by atoms with Gasteiger partial charge >= 0.3 is 0 Å². The number of hydrogen-bond donors (Lipinski definition) is 0. The Labute approximate surface area is 166 Å². The fourth-order valence-electron chi connectivity index (χ4n) is 3.97. The fourth-order valence-corrected chi connectivity index (χ4v) is 4.87. The van der Waals surface area contributed by atoms with Crippen LogP contribution in [-0.2, 0) is 4.79 Å². The zero-order valence-electron chi connectivity index (χ0n) is 17.0. The normalized spacial score (nSPS) is 24.4. The zero-order valence-corrected chi connectivity index (χ0v) is 17.8. The van der Waals surface area contributed by atoms with Crippen molar-refractivity contribution < 1.29 is 9.59 Å². The highest BCUT2D eigenvalue weighted by Gasteiger charge is 2.38. The average Bonchev–Trinajstić information content (AvgIpc) is 2.87. The lowest BCUT2D eigenvalue weighted by atomic mass is 9.79. The van der Waals surface area contributed by atoms with Crippen LogP contribution in [-0.4, -0.2) is 34.7 Å². The van der Waals surface area contributed by atoms with Crippen LogP contribution in [0.25, 0.3) is 6.08 Å². The summed E-state index contributed by atoms with van der Waals surface area (Å²) in [5.74, 6) is 0.204. The Morgan fingerprint density at radius 1 is 1.33 bits per heavy atom. The molecule has 0 spiro atoms. The SMILES string of the molecule is C=CC(C)N1C(=O)S/C(=C/c2cc3c(cc2C)N(C)C(C)(C)CC3C)C1=O. The van der Waals surface area contributed by atoms with Crippen LogP contribution in [0.15, 0.2) is 29.7 Å². The van der Waals surface area contributed by atoms with Crippen molar-refractivity contribution in [2.45, 2.75) is 58.5 Å². The van der Waals surface area contributed by atoms with Gasteiger partial charge in [-0.2, -0.15) is 0 Å². The molecule has 2 heterocycles. The molecule has 1 saturated heterocycles. The summed E-state index contributed by atoms with van der Waals surface area (Å²) in [4.78, 5) is 29.0. The number of aryl methyl sites for hydroxylation is 1. The van der Waals surface area contributed by atoms with Gasteiger partial charge in [-0.1, -0.05) is 13.0 Å². The number of rotatable bonds is 3. The van der Waals surface area contributed by atoms with E-state index in [1.807, 2.05) is 6.08 Å². The van der Waals surface area contributed by atoms with Gasteiger partial charge in [-0.15, -0.1) is 6.58 Å². The minimum Gasteiger partial charge on any atom is -0.369 e. The number of imide groups is 1. The summed E-state index contributed by atoms with van der Waals surface area (Å²) in [7, 11) is 2.14. The number of anilines is 1. The van der Waals surface area contributed by atoms with E-state index in [0.29, 0.717) is 10.8 Å². The quantitative estimate of drug-likeness (QED) is 0.522. The third-order valence-electron chi connectivity index (χ3n) is 5.88. The van der Waals surface area contributed by atoms with Crippen molar-refractivity contribution in [2.75, 3.05) is 11.9 Å². The first kappa shape index (κ1) is 19.7. The summed E-state index contributed by atoms with van der Waals surface area (Å²) >= 11 is 1.01. The molecule has 0 radical (unpaired) electrons. The van der Waals surface area contributed by atoms with Gasteiger partial charge in [-0.05, 0) is 86.7 Å². The molecule has 0 N–H and O–H groups in total. The molecule has 0 aromatic heterocycles. The van der Waals surface area contributed by atoms with Gasteiger partial charge in [-0.25, -0.2) is 0 Å². The fraction of sp³-hybridized carbons (Fsp3) is 0.455. The van der Waals surface area contributed by atoms with Crippen LogP contribution in [0.4, 0.5) is 10.5 Å². The van der Waals surface area contributed by atoms with Crippen LogP contribution in [0.2, 0.25) is 0 Å². The van der Waals surface area contributed by atoms with Gasteiger partial charge in [0.1, 0.15) is 0 Å². The molecule has 5 heteroatoms. The van der Waals surface area contributed by atoms with Gasteiger partial charge in [0, 0.05) is 18.3 Å². The summed E-state index contributed by atoms with van der Waals surface area (Å²) in [5.41, 5.74) is 4.78. The molecule has 0 aliphatic carbocycles. The summed E-state index contributed by atoms with van der Waals surface area (Å²) in [6, 6.07) is 4.09. The van der Waals surface area contributed by atoms with E-state index in [4.69, 9.17) is 0 Å². The predicted octanol–water partition coefficient (Wildman–Crippen LogP) is 5.33. The number of fused-ring (bicyclic) bond motifs is 1. The maximum atomic E-state index is 12.7. The van der Waals surface area contributed by atoms with E-state index in [0.717, 1.165) is 29.3 Å². The number of amides is 2. The minimum atomic E-state index is -0.302. The second-order valence-electron chi connectivity index (χ2n) is 8.27. The molecule has 2 amide bonds. The Balaban J connectivity index is 2.02. The van der Waals surface area contributed by atoms with Crippen molar-refractivity contribution in [1.82, 2.24) is 4.90 Å². The number of nitrogens with zero attached hydrogens (tertiary/aromatic N) is 2. The van der Waals surface area contributed by atoms with E-state index in [-0.39, 0.29) is 22.7 Å². The van der Waals surface area contributed by atoms with E-state index in [2.05, 4.69) is 58.4 Å². The van der Waals surface area contributed by atoms with E-state index < -0.39 is 0 Å². The molecule has 27 heavy (non-hydrogen) atoms. The van der Waals surface area contributed by atoms with Gasteiger partial charge < -0.3 is 4.90 Å². The summed E-state index contributed by atoms with van der Waals surface area (Å²) in [6.45, 7) is 14.3. The first-order valence-electron chi connectivity index (χ1n) is 9.35. The van der Waals surface area contributed by atoms with Gasteiger partial charge in [0.05, 0.1) is 10.9 Å². The summed E-state index contributed by atoms with van der Waals surface area (Å²) in [5, 5.41) is -0.232. The molecule has 0 saturated carbocycles. The van der Waals surface area contributed by atoms with E-state index in [9.17, 15) is 9.59 Å². The molecule has 144 valence electrons. The van der Waals surface area contributed by atoms with Gasteiger partial charge in [0.15, 0.2) is 0 Å². The largest absolute Gasteiger partial charge is 0.369 e. The monoisotopic (exact) mass is 384 g/mol. The van der Waals surface area contributed by atoms with E-state index in [1.165, 1.54) is 16.2 Å². The predicted molar refractivity (Wildman–Crippen MR) is 114 cm³/mol. The molecule has 0 bridgehead atoms. The maximum Gasteiger partial charge on any atom is 0.294 e. The van der Waals surface area contributed by atoms with Crippen LogP contribution >= 0.6 is 11.8 Å². The van der Waals surface area contributed by atoms with Crippen LogP contribution in [0.1, 0.15) is 56.7 Å². The van der Waals surface area contributed by atoms with Crippen LogP contribution < -0.4 is 4.90 Å². The first-order valence-corrected chi connectivity index (χ1v) is 10.2.